The molecule has 4 saturated carbocycles. The molecule has 2 N–H and O–H groups in total. The predicted octanol–water partition coefficient (Wildman–Crippen LogP) is 5.19. The maximum Gasteiger partial charge on any atom is 0.0622 e. The molecule has 26 heavy (non-hydrogen) atoms. The first-order chi connectivity index (χ1) is 12.2. The molecular weight excluding hydrogens is 320 g/mol. The lowest BCUT2D eigenvalue weighted by atomic mass is 9.47. The highest BCUT2D eigenvalue weighted by Gasteiger charge is 2.60. The van der Waals surface area contributed by atoms with Crippen LogP contribution in [0.3, 0.4) is 0 Å². The van der Waals surface area contributed by atoms with Crippen LogP contribution in [-0.2, 0) is 0 Å². The van der Waals surface area contributed by atoms with Crippen LogP contribution in [0.2, 0.25) is 0 Å². The molecule has 0 heterocycles. The van der Waals surface area contributed by atoms with E-state index in [1.54, 1.807) is 0 Å². The van der Waals surface area contributed by atoms with Crippen LogP contribution in [0.5, 0.6) is 0 Å². The minimum Gasteiger partial charge on any atom is -0.395 e. The van der Waals surface area contributed by atoms with Gasteiger partial charge in [0.25, 0.3) is 0 Å². The quantitative estimate of drug-likeness (QED) is 0.680. The molecule has 0 spiro atoms. The molecule has 0 radical (unpaired) electrons. The minimum absolute atomic E-state index is 0.128. The summed E-state index contributed by atoms with van der Waals surface area (Å²) < 4.78 is 0. The van der Waals surface area contributed by atoms with Crippen molar-refractivity contribution in [1.29, 1.82) is 0 Å². The molecular formula is C24H40O2. The van der Waals surface area contributed by atoms with Crippen molar-refractivity contribution in [2.75, 3.05) is 6.61 Å². The summed E-state index contributed by atoms with van der Waals surface area (Å²) in [6.45, 7) is 11.1. The van der Waals surface area contributed by atoms with E-state index in [4.69, 9.17) is 0 Å². The molecule has 1 unspecified atom stereocenters. The molecule has 4 rings (SSSR count). The van der Waals surface area contributed by atoms with Crippen molar-refractivity contribution in [3.8, 4) is 0 Å². The highest BCUT2D eigenvalue weighted by Crippen LogP contribution is 2.67. The summed E-state index contributed by atoms with van der Waals surface area (Å²) in [4.78, 5) is 0. The Morgan fingerprint density at radius 3 is 2.42 bits per heavy atom. The van der Waals surface area contributed by atoms with Crippen molar-refractivity contribution in [2.24, 2.45) is 46.3 Å². The largest absolute Gasteiger partial charge is 0.395 e. The van der Waals surface area contributed by atoms with E-state index in [-0.39, 0.29) is 12.0 Å². The molecule has 0 aromatic rings. The Hall–Kier alpha value is -0.340. The van der Waals surface area contributed by atoms with Crippen LogP contribution >= 0.6 is 0 Å². The average Bonchev–Trinajstić information content (AvgIpc) is 2.97. The van der Waals surface area contributed by atoms with Crippen LogP contribution in [-0.4, -0.2) is 22.4 Å². The molecule has 2 heteroatoms. The van der Waals surface area contributed by atoms with E-state index in [0.29, 0.717) is 11.3 Å². The van der Waals surface area contributed by atoms with Crippen LogP contribution in [0, 0.1) is 46.3 Å². The summed E-state index contributed by atoms with van der Waals surface area (Å²) in [5.41, 5.74) is -0.167. The summed E-state index contributed by atoms with van der Waals surface area (Å²) >= 11 is 0. The fourth-order valence-corrected chi connectivity index (χ4v) is 8.48. The van der Waals surface area contributed by atoms with Gasteiger partial charge in [-0.25, -0.2) is 0 Å². The van der Waals surface area contributed by atoms with Gasteiger partial charge in [-0.05, 0) is 106 Å². The first-order valence-electron chi connectivity index (χ1n) is 11.2. The Morgan fingerprint density at radius 2 is 1.73 bits per heavy atom. The first kappa shape index (κ1) is 19.0. The number of hydrogen-bond donors (Lipinski definition) is 2. The lowest BCUT2D eigenvalue weighted by Crippen LogP contribution is -2.52. The maximum absolute atomic E-state index is 10.5. The fourth-order valence-electron chi connectivity index (χ4n) is 8.48. The van der Waals surface area contributed by atoms with Crippen molar-refractivity contribution in [3.05, 3.63) is 12.7 Å². The second-order valence-electron chi connectivity index (χ2n) is 11.2. The number of fused-ring (bicyclic) bond motifs is 5. The average molecular weight is 361 g/mol. The smallest absolute Gasteiger partial charge is 0.0622 e. The van der Waals surface area contributed by atoms with Crippen LogP contribution < -0.4 is 0 Å². The maximum atomic E-state index is 10.5. The zero-order valence-electron chi connectivity index (χ0n) is 17.2. The highest BCUT2D eigenvalue weighted by molar-refractivity contribution is 5.12. The van der Waals surface area contributed by atoms with Crippen LogP contribution in [0.15, 0.2) is 12.7 Å². The summed E-state index contributed by atoms with van der Waals surface area (Å²) in [5, 5.41) is 20.6. The van der Waals surface area contributed by atoms with Gasteiger partial charge in [0.05, 0.1) is 12.2 Å². The van der Waals surface area contributed by atoms with Gasteiger partial charge in [0.2, 0.25) is 0 Å². The zero-order chi connectivity index (χ0) is 18.7. The van der Waals surface area contributed by atoms with Gasteiger partial charge in [-0.15, -0.1) is 6.58 Å². The molecule has 0 saturated heterocycles. The second-order valence-corrected chi connectivity index (χ2v) is 11.2. The Kier molecular flexibility index (Phi) is 4.63. The van der Waals surface area contributed by atoms with Gasteiger partial charge in [0.15, 0.2) is 0 Å². The summed E-state index contributed by atoms with van der Waals surface area (Å²) in [6.07, 6.45) is 13.3. The van der Waals surface area contributed by atoms with E-state index in [0.717, 1.165) is 42.4 Å². The van der Waals surface area contributed by atoms with Gasteiger partial charge < -0.3 is 10.2 Å². The molecule has 4 aliphatic carbocycles. The number of aliphatic hydroxyl groups excluding tert-OH is 1. The van der Waals surface area contributed by atoms with Gasteiger partial charge in [0, 0.05) is 5.41 Å². The van der Waals surface area contributed by atoms with Crippen molar-refractivity contribution in [2.45, 2.75) is 84.2 Å². The highest BCUT2D eigenvalue weighted by atomic mass is 16.3. The molecule has 4 fully saturated rings. The molecule has 0 aromatic heterocycles. The lowest BCUT2D eigenvalue weighted by molar-refractivity contribution is -0.108. The Morgan fingerprint density at radius 1 is 1.00 bits per heavy atom. The lowest BCUT2D eigenvalue weighted by Gasteiger charge is -2.58. The van der Waals surface area contributed by atoms with Gasteiger partial charge in [0.1, 0.15) is 0 Å². The molecule has 0 bridgehead atoms. The molecule has 0 aliphatic heterocycles. The standard InChI is InChI=1S/C24H40O2/c1-5-22(2,15-25)21-9-8-20-19-7-6-16-14-23(3,26)12-10-17(16)18(19)11-13-24(20,21)4/h5,16-21,25-26H,1,6-15H2,2-4H3/t16-,17+,18-,19-,20+,21-,22?,23-,24+/m1/s1. The Labute approximate surface area is 160 Å². The summed E-state index contributed by atoms with van der Waals surface area (Å²) in [7, 11) is 0. The van der Waals surface area contributed by atoms with E-state index in [2.05, 4.69) is 27.4 Å². The molecule has 9 atom stereocenters. The molecule has 148 valence electrons. The SMILES string of the molecule is C=CC(C)(CO)[C@H]1CC[C@H]2[C@@H]3CC[C@@H]4C[C@](C)(O)CC[C@@H]4[C@H]3CC[C@]12C. The Balaban J connectivity index is 1.56. The van der Waals surface area contributed by atoms with Crippen molar-refractivity contribution >= 4 is 0 Å². The van der Waals surface area contributed by atoms with Crippen LogP contribution in [0.4, 0.5) is 0 Å². The third-order valence-electron chi connectivity index (χ3n) is 9.84. The van der Waals surface area contributed by atoms with Crippen LogP contribution in [0.25, 0.3) is 0 Å². The summed E-state index contributed by atoms with van der Waals surface area (Å²) in [5.74, 6) is 4.81. The third kappa shape index (κ3) is 2.73. The molecule has 4 aliphatic rings. The first-order valence-corrected chi connectivity index (χ1v) is 11.2. The molecule has 2 nitrogen and oxygen atoms in total. The van der Waals surface area contributed by atoms with Gasteiger partial charge in [-0.3, -0.25) is 0 Å². The van der Waals surface area contributed by atoms with E-state index < -0.39 is 5.60 Å². The number of aliphatic hydroxyl groups is 2. The monoisotopic (exact) mass is 360 g/mol. The number of rotatable bonds is 3. The zero-order valence-corrected chi connectivity index (χ0v) is 17.2. The minimum atomic E-state index is -0.414. The van der Waals surface area contributed by atoms with Gasteiger partial charge in [-0.1, -0.05) is 19.9 Å². The second kappa shape index (κ2) is 6.34. The van der Waals surface area contributed by atoms with Crippen molar-refractivity contribution < 1.29 is 10.2 Å². The van der Waals surface area contributed by atoms with Crippen LogP contribution in [0.1, 0.15) is 78.6 Å². The topological polar surface area (TPSA) is 40.5 Å². The van der Waals surface area contributed by atoms with E-state index in [1.165, 1.54) is 44.9 Å². The van der Waals surface area contributed by atoms with Gasteiger partial charge in [-0.2, -0.15) is 0 Å². The van der Waals surface area contributed by atoms with Crippen molar-refractivity contribution in [1.82, 2.24) is 0 Å². The molecule has 0 aromatic carbocycles. The van der Waals surface area contributed by atoms with E-state index in [9.17, 15) is 10.2 Å². The van der Waals surface area contributed by atoms with E-state index in [1.807, 2.05) is 6.08 Å². The van der Waals surface area contributed by atoms with Crippen molar-refractivity contribution in [3.63, 3.8) is 0 Å². The third-order valence-corrected chi connectivity index (χ3v) is 9.84. The predicted molar refractivity (Wildman–Crippen MR) is 107 cm³/mol. The van der Waals surface area contributed by atoms with E-state index >= 15 is 0 Å². The molecule has 0 amide bonds. The van der Waals surface area contributed by atoms with Gasteiger partial charge >= 0.3 is 0 Å². The Bertz CT molecular complexity index is 554. The number of hydrogen-bond acceptors (Lipinski definition) is 2. The summed E-state index contributed by atoms with van der Waals surface area (Å²) in [6, 6.07) is 0. The normalized spacial score (nSPS) is 53.1. The fraction of sp³-hybridized carbons (Fsp3) is 0.917.